The van der Waals surface area contributed by atoms with Crippen LogP contribution in [0.4, 0.5) is 0 Å². The van der Waals surface area contributed by atoms with Crippen LogP contribution < -0.4 is 5.32 Å². The fourth-order valence-corrected chi connectivity index (χ4v) is 2.19. The fraction of sp³-hybridized carbons (Fsp3) is 0.588. The Morgan fingerprint density at radius 3 is 2.30 bits per heavy atom. The van der Waals surface area contributed by atoms with Crippen molar-refractivity contribution >= 4 is 5.91 Å². The van der Waals surface area contributed by atoms with Crippen LogP contribution in [-0.2, 0) is 4.79 Å². The Labute approximate surface area is 122 Å². The Balaban J connectivity index is 2.77. The molecule has 0 aliphatic rings. The number of aliphatic hydroxyl groups excluding tert-OH is 1. The number of amides is 1. The van der Waals surface area contributed by atoms with Crippen molar-refractivity contribution in [3.63, 3.8) is 0 Å². The van der Waals surface area contributed by atoms with E-state index in [2.05, 4.69) is 19.2 Å². The van der Waals surface area contributed by atoms with Gasteiger partial charge in [0.15, 0.2) is 0 Å². The highest BCUT2D eigenvalue weighted by Gasteiger charge is 2.26. The van der Waals surface area contributed by atoms with E-state index in [1.54, 1.807) is 0 Å². The first-order chi connectivity index (χ1) is 9.47. The zero-order valence-corrected chi connectivity index (χ0v) is 13.0. The average Bonchev–Trinajstić information content (AvgIpc) is 2.45. The molecular weight excluding hydrogens is 250 g/mol. The third-order valence-electron chi connectivity index (χ3n) is 3.91. The van der Waals surface area contributed by atoms with Crippen LogP contribution in [0.1, 0.15) is 45.6 Å². The molecule has 0 spiro atoms. The minimum atomic E-state index is -0.493. The first-order valence-corrected chi connectivity index (χ1v) is 7.48. The second kappa shape index (κ2) is 8.05. The molecule has 0 radical (unpaired) electrons. The van der Waals surface area contributed by atoms with Gasteiger partial charge in [0.25, 0.3) is 0 Å². The largest absolute Gasteiger partial charge is 0.391 e. The Morgan fingerprint density at radius 2 is 1.80 bits per heavy atom. The molecule has 20 heavy (non-hydrogen) atoms. The summed E-state index contributed by atoms with van der Waals surface area (Å²) in [4.78, 5) is 12.4. The van der Waals surface area contributed by atoms with Crippen LogP contribution >= 0.6 is 0 Å². The number of nitrogens with one attached hydrogen (secondary N) is 1. The Hall–Kier alpha value is -1.35. The molecule has 1 amide bonds. The summed E-state index contributed by atoms with van der Waals surface area (Å²) in [6.07, 6.45) is 0.451. The van der Waals surface area contributed by atoms with Gasteiger partial charge in [0.2, 0.25) is 5.91 Å². The van der Waals surface area contributed by atoms with E-state index in [9.17, 15) is 9.90 Å². The highest BCUT2D eigenvalue weighted by atomic mass is 16.3. The molecule has 0 aliphatic carbocycles. The van der Waals surface area contributed by atoms with Crippen molar-refractivity contribution in [2.75, 3.05) is 6.54 Å². The quantitative estimate of drug-likeness (QED) is 0.805. The number of hydrogen-bond donors (Lipinski definition) is 2. The van der Waals surface area contributed by atoms with Gasteiger partial charge in [-0.05, 0) is 17.4 Å². The third-order valence-corrected chi connectivity index (χ3v) is 3.91. The zero-order valence-electron chi connectivity index (χ0n) is 13.0. The molecule has 2 N–H and O–H groups in total. The van der Waals surface area contributed by atoms with Crippen molar-refractivity contribution in [3.8, 4) is 0 Å². The zero-order chi connectivity index (χ0) is 15.1. The lowest BCUT2D eigenvalue weighted by Gasteiger charge is -2.24. The molecule has 3 unspecified atom stereocenters. The molecule has 1 rings (SSSR count). The van der Waals surface area contributed by atoms with Crippen molar-refractivity contribution in [1.82, 2.24) is 5.32 Å². The van der Waals surface area contributed by atoms with Crippen molar-refractivity contribution in [1.29, 1.82) is 0 Å². The molecule has 0 aliphatic heterocycles. The molecule has 1 aromatic carbocycles. The van der Waals surface area contributed by atoms with Gasteiger partial charge in [-0.15, -0.1) is 0 Å². The van der Waals surface area contributed by atoms with Gasteiger partial charge in [-0.25, -0.2) is 0 Å². The van der Waals surface area contributed by atoms with Crippen LogP contribution in [-0.4, -0.2) is 23.7 Å². The van der Waals surface area contributed by atoms with Crippen molar-refractivity contribution in [2.24, 2.45) is 11.8 Å². The number of rotatable bonds is 7. The summed E-state index contributed by atoms with van der Waals surface area (Å²) in [5.41, 5.74) is 1.04. The second-order valence-corrected chi connectivity index (χ2v) is 5.83. The molecule has 0 fully saturated rings. The Bertz CT molecular complexity index is 403. The Kier molecular flexibility index (Phi) is 6.73. The molecule has 0 heterocycles. The Morgan fingerprint density at radius 1 is 1.20 bits per heavy atom. The molecule has 112 valence electrons. The summed E-state index contributed by atoms with van der Waals surface area (Å²) in [6.45, 7) is 8.39. The van der Waals surface area contributed by atoms with Crippen molar-refractivity contribution in [2.45, 2.75) is 46.1 Å². The summed E-state index contributed by atoms with van der Waals surface area (Å²) < 4.78 is 0. The van der Waals surface area contributed by atoms with Crippen LogP contribution in [0, 0.1) is 11.8 Å². The first-order valence-electron chi connectivity index (χ1n) is 7.48. The van der Waals surface area contributed by atoms with Crippen LogP contribution in [0.15, 0.2) is 30.3 Å². The average molecular weight is 277 g/mol. The van der Waals surface area contributed by atoms with Crippen LogP contribution in [0.3, 0.4) is 0 Å². The molecule has 0 saturated carbocycles. The van der Waals surface area contributed by atoms with Crippen LogP contribution in [0.5, 0.6) is 0 Å². The summed E-state index contributed by atoms with van der Waals surface area (Å²) in [5, 5.41) is 12.7. The molecule has 0 aromatic heterocycles. The van der Waals surface area contributed by atoms with Gasteiger partial charge < -0.3 is 10.4 Å². The van der Waals surface area contributed by atoms with E-state index >= 15 is 0 Å². The predicted octanol–water partition coefficient (Wildman–Crippen LogP) is 2.95. The van der Waals surface area contributed by atoms with E-state index in [1.165, 1.54) is 0 Å². The molecular formula is C17H27NO2. The maximum Gasteiger partial charge on any atom is 0.227 e. The topological polar surface area (TPSA) is 49.3 Å². The third kappa shape index (κ3) is 4.64. The molecule has 3 nitrogen and oxygen atoms in total. The van der Waals surface area contributed by atoms with Crippen molar-refractivity contribution < 1.29 is 9.90 Å². The van der Waals surface area contributed by atoms with Gasteiger partial charge >= 0.3 is 0 Å². The highest BCUT2D eigenvalue weighted by Crippen LogP contribution is 2.27. The second-order valence-electron chi connectivity index (χ2n) is 5.83. The summed E-state index contributed by atoms with van der Waals surface area (Å²) in [5.74, 6) is 0.272. The highest BCUT2D eigenvalue weighted by molar-refractivity contribution is 5.84. The van der Waals surface area contributed by atoms with Gasteiger partial charge in [-0.2, -0.15) is 0 Å². The van der Waals surface area contributed by atoms with E-state index in [0.29, 0.717) is 6.54 Å². The van der Waals surface area contributed by atoms with Crippen LogP contribution in [0.2, 0.25) is 0 Å². The van der Waals surface area contributed by atoms with Gasteiger partial charge in [-0.1, -0.05) is 64.4 Å². The summed E-state index contributed by atoms with van der Waals surface area (Å²) in [6, 6.07) is 9.87. The summed E-state index contributed by atoms with van der Waals surface area (Å²) in [7, 11) is 0. The molecule has 1 aromatic rings. The van der Waals surface area contributed by atoms with Gasteiger partial charge in [0.1, 0.15) is 0 Å². The molecule has 0 saturated heterocycles. The van der Waals surface area contributed by atoms with Crippen LogP contribution in [0.25, 0.3) is 0 Å². The predicted molar refractivity (Wildman–Crippen MR) is 82.5 cm³/mol. The smallest absolute Gasteiger partial charge is 0.227 e. The van der Waals surface area contributed by atoms with Gasteiger partial charge in [0, 0.05) is 6.54 Å². The van der Waals surface area contributed by atoms with E-state index in [0.717, 1.165) is 12.0 Å². The van der Waals surface area contributed by atoms with E-state index in [-0.39, 0.29) is 23.7 Å². The number of hydrogen-bond acceptors (Lipinski definition) is 2. The number of aliphatic hydroxyl groups is 1. The lowest BCUT2D eigenvalue weighted by Crippen LogP contribution is -2.39. The SMILES string of the molecule is CCC(C)C(C(=O)NCC(O)C(C)C)c1ccccc1. The van der Waals surface area contributed by atoms with Crippen molar-refractivity contribution in [3.05, 3.63) is 35.9 Å². The minimum absolute atomic E-state index is 0.00486. The number of carbonyl (C=O) groups excluding carboxylic acids is 1. The lowest BCUT2D eigenvalue weighted by atomic mass is 9.85. The monoisotopic (exact) mass is 277 g/mol. The summed E-state index contributed by atoms with van der Waals surface area (Å²) >= 11 is 0. The number of benzene rings is 1. The first kappa shape index (κ1) is 16.7. The maximum atomic E-state index is 12.4. The van der Waals surface area contributed by atoms with E-state index in [1.807, 2.05) is 44.2 Å². The molecule has 3 atom stereocenters. The van der Waals surface area contributed by atoms with E-state index in [4.69, 9.17) is 0 Å². The van der Waals surface area contributed by atoms with E-state index < -0.39 is 6.10 Å². The minimum Gasteiger partial charge on any atom is -0.391 e. The lowest BCUT2D eigenvalue weighted by molar-refractivity contribution is -0.124. The normalized spacial score (nSPS) is 15.7. The standard InChI is InChI=1S/C17H27NO2/c1-5-13(4)16(14-9-7-6-8-10-14)17(20)18-11-15(19)12(2)3/h6-10,12-13,15-16,19H,5,11H2,1-4H3,(H,18,20). The maximum absolute atomic E-state index is 12.4. The molecule has 0 bridgehead atoms. The van der Waals surface area contributed by atoms with Gasteiger partial charge in [0.05, 0.1) is 12.0 Å². The number of carbonyl (C=O) groups is 1. The fourth-order valence-electron chi connectivity index (χ4n) is 2.19. The molecule has 3 heteroatoms. The van der Waals surface area contributed by atoms with Gasteiger partial charge in [-0.3, -0.25) is 4.79 Å².